The molecule has 0 atom stereocenters. The Morgan fingerprint density at radius 3 is 2.33 bits per heavy atom. The van der Waals surface area contributed by atoms with Gasteiger partial charge in [0.2, 0.25) is 0 Å². The van der Waals surface area contributed by atoms with Gasteiger partial charge in [-0.05, 0) is 36.4 Å². The zero-order valence-electron chi connectivity index (χ0n) is 10.9. The van der Waals surface area contributed by atoms with Gasteiger partial charge in [-0.2, -0.15) is 13.6 Å². The lowest BCUT2D eigenvalue weighted by molar-refractivity contribution is 0.488. The zero-order chi connectivity index (χ0) is 14.2. The van der Waals surface area contributed by atoms with Gasteiger partial charge in [-0.25, -0.2) is 4.98 Å². The Hall–Kier alpha value is -2.00. The molecule has 3 rings (SSSR count). The molecule has 3 aromatic rings. The van der Waals surface area contributed by atoms with Crippen LogP contribution in [-0.2, 0) is 10.3 Å². The molecule has 0 fully saturated rings. The smallest absolute Gasteiger partial charge is 0.371 e. The van der Waals surface area contributed by atoms with Gasteiger partial charge in [0.1, 0.15) is 10.8 Å². The van der Waals surface area contributed by atoms with Crippen LogP contribution in [0.15, 0.2) is 48.5 Å². The first-order valence-corrected chi connectivity index (χ1v) is 7.98. The minimum atomic E-state index is -3.99. The molecule has 5 N–H and O–H groups in total. The van der Waals surface area contributed by atoms with Crippen molar-refractivity contribution in [2.75, 3.05) is 0 Å². The zero-order valence-corrected chi connectivity index (χ0v) is 12.5. The van der Waals surface area contributed by atoms with Gasteiger partial charge >= 0.3 is 10.3 Å². The Morgan fingerprint density at radius 2 is 1.71 bits per heavy atom. The Kier molecular flexibility index (Phi) is 4.24. The van der Waals surface area contributed by atoms with Crippen molar-refractivity contribution >= 4 is 31.9 Å². The van der Waals surface area contributed by atoms with E-state index in [0.29, 0.717) is 0 Å². The van der Waals surface area contributed by atoms with Crippen LogP contribution in [0.4, 0.5) is 0 Å². The molecule has 110 valence electrons. The van der Waals surface area contributed by atoms with Crippen molar-refractivity contribution in [2.24, 2.45) is 5.14 Å². The van der Waals surface area contributed by atoms with Crippen molar-refractivity contribution < 1.29 is 12.6 Å². The van der Waals surface area contributed by atoms with E-state index in [0.717, 1.165) is 20.8 Å². The highest BCUT2D eigenvalue weighted by atomic mass is 32.2. The second kappa shape index (κ2) is 5.78. The molecule has 0 saturated heterocycles. The number of fused-ring (bicyclic) bond motifs is 1. The van der Waals surface area contributed by atoms with Crippen LogP contribution in [0.2, 0.25) is 0 Å². The van der Waals surface area contributed by atoms with Gasteiger partial charge in [0.15, 0.2) is 0 Å². The Bertz CT molecular complexity index is 825. The Labute approximate surface area is 126 Å². The predicted molar refractivity (Wildman–Crippen MR) is 83.8 cm³/mol. The lowest BCUT2D eigenvalue weighted by atomic mass is 10.2. The third kappa shape index (κ3) is 3.56. The summed E-state index contributed by atoms with van der Waals surface area (Å²) in [7, 11) is -3.99. The number of para-hydroxylation sites is 1. The molecule has 0 aliphatic rings. The van der Waals surface area contributed by atoms with Crippen LogP contribution in [0.25, 0.3) is 20.8 Å². The molecule has 0 radical (unpaired) electrons. The van der Waals surface area contributed by atoms with E-state index < -0.39 is 10.3 Å². The Morgan fingerprint density at radius 1 is 1.05 bits per heavy atom. The van der Waals surface area contributed by atoms with Crippen molar-refractivity contribution in [3.8, 4) is 16.3 Å². The normalized spacial score (nSPS) is 11.1. The molecule has 0 spiro atoms. The van der Waals surface area contributed by atoms with E-state index in [1.54, 1.807) is 35.6 Å². The molecule has 0 aliphatic heterocycles. The molecule has 8 heteroatoms. The molecule has 21 heavy (non-hydrogen) atoms. The molecule has 0 unspecified atom stereocenters. The van der Waals surface area contributed by atoms with Gasteiger partial charge in [-0.3, -0.25) is 0 Å². The number of benzene rings is 2. The van der Waals surface area contributed by atoms with Crippen molar-refractivity contribution in [3.63, 3.8) is 0 Å². The van der Waals surface area contributed by atoms with Crippen molar-refractivity contribution in [1.82, 2.24) is 11.1 Å². The van der Waals surface area contributed by atoms with Crippen LogP contribution in [0, 0.1) is 0 Å². The fourth-order valence-electron chi connectivity index (χ4n) is 1.78. The van der Waals surface area contributed by atoms with Crippen LogP contribution < -0.4 is 15.5 Å². The third-order valence-electron chi connectivity index (χ3n) is 2.61. The minimum Gasteiger partial charge on any atom is -0.371 e. The molecule has 1 aromatic heterocycles. The molecule has 0 amide bonds. The van der Waals surface area contributed by atoms with E-state index in [4.69, 9.17) is 5.14 Å². The second-order valence-corrected chi connectivity index (χ2v) is 6.27. The van der Waals surface area contributed by atoms with Gasteiger partial charge < -0.3 is 10.3 Å². The summed E-state index contributed by atoms with van der Waals surface area (Å²) < 4.78 is 27.3. The third-order valence-corrected chi connectivity index (χ3v) is 4.12. The van der Waals surface area contributed by atoms with Crippen LogP contribution in [0.5, 0.6) is 5.75 Å². The molecular formula is C13H13N3O3S2. The molecular weight excluding hydrogens is 310 g/mol. The van der Waals surface area contributed by atoms with Crippen LogP contribution in [0.1, 0.15) is 0 Å². The van der Waals surface area contributed by atoms with Gasteiger partial charge in [0.25, 0.3) is 0 Å². The number of hydrogen-bond acceptors (Lipinski definition) is 6. The average Bonchev–Trinajstić information content (AvgIpc) is 2.81. The minimum absolute atomic E-state index is 0. The number of aromatic nitrogens is 1. The van der Waals surface area contributed by atoms with Gasteiger partial charge in [0.05, 0.1) is 10.2 Å². The molecule has 2 aromatic carbocycles. The van der Waals surface area contributed by atoms with Crippen LogP contribution in [-0.4, -0.2) is 13.4 Å². The highest BCUT2D eigenvalue weighted by molar-refractivity contribution is 7.84. The average molecular weight is 323 g/mol. The molecule has 6 nitrogen and oxygen atoms in total. The number of nitrogens with two attached hydrogens (primary N) is 1. The highest BCUT2D eigenvalue weighted by Gasteiger charge is 2.08. The topological polar surface area (TPSA) is 117 Å². The first-order chi connectivity index (χ1) is 9.51. The van der Waals surface area contributed by atoms with Crippen molar-refractivity contribution in [3.05, 3.63) is 48.5 Å². The first-order valence-electron chi connectivity index (χ1n) is 5.69. The molecule has 1 heterocycles. The van der Waals surface area contributed by atoms with Crippen LogP contribution in [0.3, 0.4) is 0 Å². The number of nitrogens with zero attached hydrogens (tertiary/aromatic N) is 1. The maximum absolute atomic E-state index is 10.8. The first kappa shape index (κ1) is 15.4. The summed E-state index contributed by atoms with van der Waals surface area (Å²) in [5, 5.41) is 5.68. The van der Waals surface area contributed by atoms with E-state index in [9.17, 15) is 8.42 Å². The van der Waals surface area contributed by atoms with Crippen molar-refractivity contribution in [1.29, 1.82) is 0 Å². The lowest BCUT2D eigenvalue weighted by Gasteiger charge is -2.02. The quantitative estimate of drug-likeness (QED) is 0.768. The summed E-state index contributed by atoms with van der Waals surface area (Å²) in [4.78, 5) is 4.52. The molecule has 0 saturated carbocycles. The summed E-state index contributed by atoms with van der Waals surface area (Å²) in [6, 6.07) is 14.5. The second-order valence-electron chi connectivity index (χ2n) is 4.09. The molecule has 0 aliphatic carbocycles. The van der Waals surface area contributed by atoms with E-state index in [-0.39, 0.29) is 11.9 Å². The largest absolute Gasteiger partial charge is 0.380 e. The van der Waals surface area contributed by atoms with E-state index in [2.05, 4.69) is 9.17 Å². The Balaban J connectivity index is 0.00000161. The summed E-state index contributed by atoms with van der Waals surface area (Å²) in [5.74, 6) is 0.178. The lowest BCUT2D eigenvalue weighted by Crippen LogP contribution is -2.18. The number of thiazole rings is 1. The monoisotopic (exact) mass is 323 g/mol. The number of hydrogen-bond donors (Lipinski definition) is 2. The summed E-state index contributed by atoms with van der Waals surface area (Å²) >= 11 is 1.57. The maximum atomic E-state index is 10.8. The summed E-state index contributed by atoms with van der Waals surface area (Å²) in [6.07, 6.45) is 0. The van der Waals surface area contributed by atoms with Crippen LogP contribution >= 0.6 is 11.3 Å². The maximum Gasteiger partial charge on any atom is 0.380 e. The van der Waals surface area contributed by atoms with E-state index in [1.165, 1.54) is 0 Å². The number of rotatable bonds is 3. The summed E-state index contributed by atoms with van der Waals surface area (Å²) in [6.45, 7) is 0. The summed E-state index contributed by atoms with van der Waals surface area (Å²) in [5.41, 5.74) is 1.84. The predicted octanol–water partition coefficient (Wildman–Crippen LogP) is 2.71. The van der Waals surface area contributed by atoms with Crippen molar-refractivity contribution in [2.45, 2.75) is 0 Å². The van der Waals surface area contributed by atoms with E-state index in [1.807, 2.05) is 24.3 Å². The molecule has 0 bridgehead atoms. The fourth-order valence-corrected chi connectivity index (χ4v) is 3.13. The van der Waals surface area contributed by atoms with Gasteiger partial charge in [-0.1, -0.05) is 12.1 Å². The van der Waals surface area contributed by atoms with E-state index >= 15 is 0 Å². The highest BCUT2D eigenvalue weighted by Crippen LogP contribution is 2.30. The van der Waals surface area contributed by atoms with Gasteiger partial charge in [-0.15, -0.1) is 11.3 Å². The van der Waals surface area contributed by atoms with Gasteiger partial charge in [0, 0.05) is 5.56 Å². The SMILES string of the molecule is N.NS(=O)(=O)Oc1ccc(-c2nc3ccccc3s2)cc1. The fraction of sp³-hybridized carbons (Fsp3) is 0. The standard InChI is InChI=1S/C13H10N2O3S2.H3N/c14-20(16,17)18-10-7-5-9(6-8-10)13-15-11-3-1-2-4-12(11)19-13;/h1-8H,(H2,14,16,17);1H3.